The van der Waals surface area contributed by atoms with Crippen molar-refractivity contribution in [2.45, 2.75) is 38.1 Å². The second kappa shape index (κ2) is 4.38. The Morgan fingerprint density at radius 3 is 2.69 bits per heavy atom. The monoisotopic (exact) mass is 197 g/mol. The molecule has 0 aromatic carbocycles. The van der Waals surface area contributed by atoms with E-state index in [2.05, 4.69) is 10.2 Å². The van der Waals surface area contributed by atoms with Gasteiger partial charge in [-0.3, -0.25) is 0 Å². The molecule has 2 aliphatic rings. The van der Waals surface area contributed by atoms with Crippen molar-refractivity contribution < 1.29 is 0 Å². The summed E-state index contributed by atoms with van der Waals surface area (Å²) in [6.07, 6.45) is 6.21. The number of likely N-dealkylation sites (tertiary alicyclic amines) is 1. The zero-order valence-corrected chi connectivity index (χ0v) is 8.85. The Bertz CT molecular complexity index is 187. The maximum atomic E-state index is 5.40. The molecule has 0 bridgehead atoms. The zero-order chi connectivity index (χ0) is 9.10. The van der Waals surface area contributed by atoms with Gasteiger partial charge in [-0.05, 0) is 32.1 Å². The molecule has 73 valence electrons. The molecular weight excluding hydrogens is 180 g/mol. The summed E-state index contributed by atoms with van der Waals surface area (Å²) in [6, 6.07) is 0.713. The largest absolute Gasteiger partial charge is 0.363 e. The summed E-state index contributed by atoms with van der Waals surface area (Å²) >= 11 is 5.40. The van der Waals surface area contributed by atoms with Gasteiger partial charge in [-0.25, -0.2) is 5.32 Å². The summed E-state index contributed by atoms with van der Waals surface area (Å²) in [5, 5.41) is 4.38. The summed E-state index contributed by atoms with van der Waals surface area (Å²) in [4.78, 5) is 3.67. The van der Waals surface area contributed by atoms with Crippen LogP contribution in [0.1, 0.15) is 32.1 Å². The minimum absolute atomic E-state index is 0.713. The van der Waals surface area contributed by atoms with Crippen LogP contribution in [0.25, 0.3) is 0 Å². The van der Waals surface area contributed by atoms with Gasteiger partial charge in [-0.15, -0.1) is 0 Å². The molecule has 0 atom stereocenters. The van der Waals surface area contributed by atoms with Crippen molar-refractivity contribution in [2.24, 2.45) is 0 Å². The fraction of sp³-hybridized carbons (Fsp3) is 0.900. The molecule has 2 saturated heterocycles. The lowest BCUT2D eigenvalue weighted by Crippen LogP contribution is -2.46. The molecule has 0 unspecified atom stereocenters. The molecular formula is C10H17N2S. The number of piperidine rings is 2. The van der Waals surface area contributed by atoms with Gasteiger partial charge in [-0.2, -0.15) is 0 Å². The van der Waals surface area contributed by atoms with E-state index in [4.69, 9.17) is 12.2 Å². The van der Waals surface area contributed by atoms with Crippen molar-refractivity contribution in [3.05, 3.63) is 0 Å². The normalized spacial score (nSPS) is 26.5. The van der Waals surface area contributed by atoms with Crippen molar-refractivity contribution in [2.75, 3.05) is 19.6 Å². The smallest absolute Gasteiger partial charge is 0.0781 e. The summed E-state index contributed by atoms with van der Waals surface area (Å²) < 4.78 is 0. The van der Waals surface area contributed by atoms with Gasteiger partial charge >= 0.3 is 0 Å². The van der Waals surface area contributed by atoms with Crippen LogP contribution in [0.15, 0.2) is 0 Å². The van der Waals surface area contributed by atoms with E-state index in [0.717, 1.165) is 19.5 Å². The lowest BCUT2D eigenvalue weighted by molar-refractivity contribution is 0.236. The third-order valence-corrected chi connectivity index (χ3v) is 3.48. The molecule has 2 aliphatic heterocycles. The third-order valence-electron chi connectivity index (χ3n) is 3.04. The zero-order valence-electron chi connectivity index (χ0n) is 8.04. The van der Waals surface area contributed by atoms with Crippen LogP contribution in [0.3, 0.4) is 0 Å². The average molecular weight is 197 g/mol. The standard InChI is InChI=1S/C10H17N2S/c13-10-3-1-2-8-12(10)9-4-6-11-7-5-9/h9H,1-8H2. The maximum Gasteiger partial charge on any atom is 0.0781 e. The van der Waals surface area contributed by atoms with Crippen LogP contribution in [0.4, 0.5) is 0 Å². The quantitative estimate of drug-likeness (QED) is 0.594. The number of hydrogen-bond donors (Lipinski definition) is 0. The Labute approximate surface area is 85.7 Å². The van der Waals surface area contributed by atoms with Crippen LogP contribution in [-0.2, 0) is 0 Å². The summed E-state index contributed by atoms with van der Waals surface area (Å²) in [5.74, 6) is 0. The van der Waals surface area contributed by atoms with Gasteiger partial charge in [-0.1, -0.05) is 12.2 Å². The molecule has 0 spiro atoms. The Morgan fingerprint density at radius 2 is 2.00 bits per heavy atom. The molecule has 0 aromatic rings. The van der Waals surface area contributed by atoms with Crippen LogP contribution < -0.4 is 5.32 Å². The molecule has 0 saturated carbocycles. The van der Waals surface area contributed by atoms with E-state index in [1.165, 1.54) is 37.2 Å². The minimum atomic E-state index is 0.713. The molecule has 0 amide bonds. The predicted molar refractivity (Wildman–Crippen MR) is 58.0 cm³/mol. The van der Waals surface area contributed by atoms with Gasteiger partial charge < -0.3 is 4.90 Å². The van der Waals surface area contributed by atoms with Gasteiger partial charge in [0, 0.05) is 25.7 Å². The van der Waals surface area contributed by atoms with Crippen LogP contribution in [0.5, 0.6) is 0 Å². The van der Waals surface area contributed by atoms with Gasteiger partial charge in [0.25, 0.3) is 0 Å². The SMILES string of the molecule is S=C1CCCCN1C1CC[N]CC1. The maximum absolute atomic E-state index is 5.40. The lowest BCUT2D eigenvalue weighted by Gasteiger charge is -2.38. The highest BCUT2D eigenvalue weighted by molar-refractivity contribution is 7.80. The van der Waals surface area contributed by atoms with E-state index < -0.39 is 0 Å². The first kappa shape index (κ1) is 9.41. The first-order valence-corrected chi connectivity index (χ1v) is 5.71. The van der Waals surface area contributed by atoms with Crippen molar-refractivity contribution in [1.82, 2.24) is 10.2 Å². The number of hydrogen-bond acceptors (Lipinski definition) is 1. The van der Waals surface area contributed by atoms with E-state index in [9.17, 15) is 0 Å². The topological polar surface area (TPSA) is 17.3 Å². The number of thiocarbonyl (C=S) groups is 1. The van der Waals surface area contributed by atoms with Crippen LogP contribution in [-0.4, -0.2) is 35.6 Å². The molecule has 0 N–H and O–H groups in total. The predicted octanol–water partition coefficient (Wildman–Crippen LogP) is 1.57. The van der Waals surface area contributed by atoms with E-state index in [-0.39, 0.29) is 0 Å². The van der Waals surface area contributed by atoms with Crippen molar-refractivity contribution in [3.63, 3.8) is 0 Å². The first-order valence-electron chi connectivity index (χ1n) is 5.30. The van der Waals surface area contributed by atoms with Crippen LogP contribution in [0.2, 0.25) is 0 Å². The molecule has 0 aliphatic carbocycles. The molecule has 2 fully saturated rings. The summed E-state index contributed by atoms with van der Waals surface area (Å²) in [7, 11) is 0. The summed E-state index contributed by atoms with van der Waals surface area (Å²) in [5.41, 5.74) is 0. The first-order chi connectivity index (χ1) is 6.38. The fourth-order valence-corrected chi connectivity index (χ4v) is 2.65. The third kappa shape index (κ3) is 2.20. The van der Waals surface area contributed by atoms with E-state index in [1.807, 2.05) is 0 Å². The molecule has 13 heavy (non-hydrogen) atoms. The van der Waals surface area contributed by atoms with Gasteiger partial charge in [0.05, 0.1) is 4.99 Å². The van der Waals surface area contributed by atoms with Crippen molar-refractivity contribution in [3.8, 4) is 0 Å². The number of rotatable bonds is 1. The molecule has 2 heterocycles. The van der Waals surface area contributed by atoms with Crippen molar-refractivity contribution >= 4 is 17.2 Å². The molecule has 0 aromatic heterocycles. The van der Waals surface area contributed by atoms with Crippen LogP contribution >= 0.6 is 12.2 Å². The van der Waals surface area contributed by atoms with Gasteiger partial charge in [0.2, 0.25) is 0 Å². The second-order valence-electron chi connectivity index (χ2n) is 3.95. The Balaban J connectivity index is 1.92. The Morgan fingerprint density at radius 1 is 1.23 bits per heavy atom. The van der Waals surface area contributed by atoms with Gasteiger partial charge in [0.15, 0.2) is 0 Å². The van der Waals surface area contributed by atoms with Crippen LogP contribution in [0, 0.1) is 0 Å². The molecule has 1 radical (unpaired) electrons. The highest BCUT2D eigenvalue weighted by Crippen LogP contribution is 2.20. The molecule has 2 nitrogen and oxygen atoms in total. The minimum Gasteiger partial charge on any atom is -0.363 e. The fourth-order valence-electron chi connectivity index (χ4n) is 2.26. The Hall–Kier alpha value is -0.150. The number of nitrogens with zero attached hydrogens (tertiary/aromatic N) is 2. The average Bonchev–Trinajstić information content (AvgIpc) is 2.20. The highest BCUT2D eigenvalue weighted by Gasteiger charge is 2.24. The van der Waals surface area contributed by atoms with E-state index in [0.29, 0.717) is 6.04 Å². The summed E-state index contributed by atoms with van der Waals surface area (Å²) in [6.45, 7) is 3.29. The van der Waals surface area contributed by atoms with Gasteiger partial charge in [0.1, 0.15) is 0 Å². The lowest BCUT2D eigenvalue weighted by atomic mass is 10.0. The molecule has 2 rings (SSSR count). The highest BCUT2D eigenvalue weighted by atomic mass is 32.1. The Kier molecular flexibility index (Phi) is 3.17. The molecule has 3 heteroatoms. The second-order valence-corrected chi connectivity index (χ2v) is 4.42. The van der Waals surface area contributed by atoms with E-state index >= 15 is 0 Å². The van der Waals surface area contributed by atoms with Crippen molar-refractivity contribution in [1.29, 1.82) is 0 Å². The van der Waals surface area contributed by atoms with E-state index in [1.54, 1.807) is 0 Å².